The maximum absolute atomic E-state index is 12.3. The molecule has 1 aromatic carbocycles. The largest absolute Gasteiger partial charge is 0.495 e. The molecule has 0 radical (unpaired) electrons. The third kappa shape index (κ3) is 3.54. The van der Waals surface area contributed by atoms with E-state index in [1.54, 1.807) is 12.1 Å². The normalized spacial score (nSPS) is 12.6. The zero-order valence-corrected chi connectivity index (χ0v) is 11.1. The van der Waals surface area contributed by atoms with Crippen LogP contribution in [0.15, 0.2) is 16.6 Å². The van der Waals surface area contributed by atoms with Gasteiger partial charge in [0.25, 0.3) is 0 Å². The third-order valence-corrected chi connectivity index (χ3v) is 3.11. The molecule has 0 bridgehead atoms. The molecule has 0 aromatic heterocycles. The quantitative estimate of drug-likeness (QED) is 0.909. The Bertz CT molecular complexity index is 363. The van der Waals surface area contributed by atoms with Crippen molar-refractivity contribution in [2.45, 2.75) is 18.9 Å². The lowest BCUT2D eigenvalue weighted by Gasteiger charge is -2.16. The highest BCUT2D eigenvalue weighted by atomic mass is 79.9. The number of methoxy groups -OCH3 is 2. The maximum atomic E-state index is 12.3. The second kappa shape index (κ2) is 6.16. The number of hydrogen-bond donors (Lipinski definition) is 1. The highest BCUT2D eigenvalue weighted by molar-refractivity contribution is 9.10. The first-order chi connectivity index (χ1) is 7.99. The summed E-state index contributed by atoms with van der Waals surface area (Å²) in [6.45, 7) is 0. The van der Waals surface area contributed by atoms with Crippen molar-refractivity contribution in [2.24, 2.45) is 5.73 Å². The first-order valence-corrected chi connectivity index (χ1v) is 5.74. The fraction of sp³-hybridized carbons (Fsp3) is 0.455. The van der Waals surface area contributed by atoms with E-state index in [2.05, 4.69) is 15.9 Å². The second-order valence-corrected chi connectivity index (χ2v) is 4.27. The predicted octanol–water partition coefficient (Wildman–Crippen LogP) is 3.12. The zero-order chi connectivity index (χ0) is 13.0. The van der Waals surface area contributed by atoms with Gasteiger partial charge in [0.15, 0.2) is 0 Å². The number of alkyl halides is 2. The predicted molar refractivity (Wildman–Crippen MR) is 64.8 cm³/mol. The Hall–Kier alpha value is -0.880. The van der Waals surface area contributed by atoms with Gasteiger partial charge in [0.1, 0.15) is 16.0 Å². The van der Waals surface area contributed by atoms with Gasteiger partial charge in [0.05, 0.1) is 14.2 Å². The molecule has 1 aromatic rings. The first kappa shape index (κ1) is 14.2. The van der Waals surface area contributed by atoms with Crippen LogP contribution in [-0.2, 0) is 0 Å². The monoisotopic (exact) mass is 309 g/mol. The van der Waals surface area contributed by atoms with Crippen molar-refractivity contribution >= 4 is 15.9 Å². The van der Waals surface area contributed by atoms with E-state index in [9.17, 15) is 8.78 Å². The number of benzene rings is 1. The van der Waals surface area contributed by atoms with Crippen molar-refractivity contribution in [3.63, 3.8) is 0 Å². The van der Waals surface area contributed by atoms with Gasteiger partial charge in [-0.1, -0.05) is 0 Å². The smallest absolute Gasteiger partial charge is 0.240 e. The highest BCUT2D eigenvalue weighted by Gasteiger charge is 2.17. The number of halogens is 3. The Morgan fingerprint density at radius 1 is 1.24 bits per heavy atom. The number of ether oxygens (including phenoxy) is 2. The lowest BCUT2D eigenvalue weighted by molar-refractivity contribution is 0.128. The number of rotatable bonds is 5. The average Bonchev–Trinajstić information content (AvgIpc) is 2.28. The van der Waals surface area contributed by atoms with Gasteiger partial charge in [0.2, 0.25) is 6.43 Å². The summed E-state index contributed by atoms with van der Waals surface area (Å²) >= 11 is 3.30. The Balaban J connectivity index is 3.08. The van der Waals surface area contributed by atoms with Gasteiger partial charge in [-0.3, -0.25) is 0 Å². The lowest BCUT2D eigenvalue weighted by atomic mass is 10.0. The van der Waals surface area contributed by atoms with Crippen LogP contribution in [0.3, 0.4) is 0 Å². The molecule has 6 heteroatoms. The van der Waals surface area contributed by atoms with Crippen molar-refractivity contribution in [3.8, 4) is 11.5 Å². The van der Waals surface area contributed by atoms with Crippen LogP contribution in [0.25, 0.3) is 0 Å². The van der Waals surface area contributed by atoms with Crippen molar-refractivity contribution in [1.82, 2.24) is 0 Å². The van der Waals surface area contributed by atoms with Crippen LogP contribution in [0.2, 0.25) is 0 Å². The van der Waals surface area contributed by atoms with Crippen molar-refractivity contribution in [2.75, 3.05) is 14.2 Å². The van der Waals surface area contributed by atoms with Gasteiger partial charge in [-0.05, 0) is 33.6 Å². The molecule has 0 fully saturated rings. The van der Waals surface area contributed by atoms with Gasteiger partial charge in [-0.15, -0.1) is 0 Å². The van der Waals surface area contributed by atoms with E-state index in [0.29, 0.717) is 21.5 Å². The summed E-state index contributed by atoms with van der Waals surface area (Å²) in [5.41, 5.74) is 6.24. The molecule has 96 valence electrons. The number of hydrogen-bond acceptors (Lipinski definition) is 3. The minimum Gasteiger partial charge on any atom is -0.495 e. The van der Waals surface area contributed by atoms with Crippen LogP contribution in [0, 0.1) is 0 Å². The second-order valence-electron chi connectivity index (χ2n) is 3.47. The zero-order valence-electron chi connectivity index (χ0n) is 9.54. The Morgan fingerprint density at radius 3 is 2.06 bits per heavy atom. The first-order valence-electron chi connectivity index (χ1n) is 4.94. The minimum absolute atomic E-state index is 0.395. The van der Waals surface area contributed by atoms with Crippen LogP contribution in [0.4, 0.5) is 8.78 Å². The average molecular weight is 310 g/mol. The van der Waals surface area contributed by atoms with Gasteiger partial charge in [-0.25, -0.2) is 8.78 Å². The van der Waals surface area contributed by atoms with Crippen LogP contribution in [-0.4, -0.2) is 20.6 Å². The summed E-state index contributed by atoms with van der Waals surface area (Å²) in [5.74, 6) is 1.01. The molecular weight excluding hydrogens is 296 g/mol. The van der Waals surface area contributed by atoms with Crippen LogP contribution < -0.4 is 15.2 Å². The van der Waals surface area contributed by atoms with E-state index in [1.165, 1.54) is 14.2 Å². The molecule has 2 N–H and O–H groups in total. The van der Waals surface area contributed by atoms with Crippen LogP contribution in [0.1, 0.15) is 18.0 Å². The van der Waals surface area contributed by atoms with E-state index in [-0.39, 0.29) is 0 Å². The SMILES string of the molecule is COc1cc([C@@H](N)CC(F)F)cc(OC)c1Br. The fourth-order valence-corrected chi connectivity index (χ4v) is 1.98. The van der Waals surface area contributed by atoms with Crippen molar-refractivity contribution in [1.29, 1.82) is 0 Å². The molecule has 0 spiro atoms. The van der Waals surface area contributed by atoms with E-state index in [4.69, 9.17) is 15.2 Å². The molecule has 0 aliphatic carbocycles. The topological polar surface area (TPSA) is 44.5 Å². The van der Waals surface area contributed by atoms with E-state index >= 15 is 0 Å². The summed E-state index contributed by atoms with van der Waals surface area (Å²) in [6, 6.07) is 2.50. The highest BCUT2D eigenvalue weighted by Crippen LogP contribution is 2.37. The molecule has 1 rings (SSSR count). The molecule has 0 saturated heterocycles. The Kier molecular flexibility index (Phi) is 5.14. The summed E-state index contributed by atoms with van der Waals surface area (Å²) in [7, 11) is 2.98. The minimum atomic E-state index is -2.44. The molecule has 0 unspecified atom stereocenters. The van der Waals surface area contributed by atoms with E-state index in [1.807, 2.05) is 0 Å². The Morgan fingerprint density at radius 2 is 1.71 bits per heavy atom. The molecule has 3 nitrogen and oxygen atoms in total. The van der Waals surface area contributed by atoms with E-state index in [0.717, 1.165) is 0 Å². The fourth-order valence-electron chi connectivity index (χ4n) is 1.43. The number of nitrogens with two attached hydrogens (primary N) is 1. The Labute approximate surface area is 107 Å². The summed E-state index contributed by atoms with van der Waals surface area (Å²) in [6.07, 6.45) is -2.83. The van der Waals surface area contributed by atoms with Gasteiger partial charge >= 0.3 is 0 Å². The van der Waals surface area contributed by atoms with E-state index < -0.39 is 18.9 Å². The van der Waals surface area contributed by atoms with Gasteiger partial charge in [0, 0.05) is 12.5 Å². The summed E-state index contributed by atoms with van der Waals surface area (Å²) < 4.78 is 35.4. The third-order valence-electron chi connectivity index (χ3n) is 2.33. The molecule has 0 aliphatic rings. The molecule has 0 heterocycles. The molecule has 0 aliphatic heterocycles. The molecule has 0 amide bonds. The summed E-state index contributed by atoms with van der Waals surface area (Å²) in [5, 5.41) is 0. The van der Waals surface area contributed by atoms with Crippen LogP contribution in [0.5, 0.6) is 11.5 Å². The molecule has 0 saturated carbocycles. The lowest BCUT2D eigenvalue weighted by Crippen LogP contribution is -2.14. The van der Waals surface area contributed by atoms with Gasteiger partial charge in [-0.2, -0.15) is 0 Å². The molecular formula is C11H14BrF2NO2. The molecule has 1 atom stereocenters. The standard InChI is InChI=1S/C11H14BrF2NO2/c1-16-8-3-6(7(15)5-10(13)14)4-9(17-2)11(8)12/h3-4,7,10H,5,15H2,1-2H3/t7-/m0/s1. The van der Waals surface area contributed by atoms with Crippen molar-refractivity contribution < 1.29 is 18.3 Å². The van der Waals surface area contributed by atoms with Gasteiger partial charge < -0.3 is 15.2 Å². The summed E-state index contributed by atoms with van der Waals surface area (Å²) in [4.78, 5) is 0. The van der Waals surface area contributed by atoms with Crippen molar-refractivity contribution in [3.05, 3.63) is 22.2 Å². The molecule has 17 heavy (non-hydrogen) atoms. The maximum Gasteiger partial charge on any atom is 0.240 e. The van der Waals surface area contributed by atoms with Crippen LogP contribution >= 0.6 is 15.9 Å².